The molecular formula is C20H15F3N4O3. The van der Waals surface area contributed by atoms with Crippen molar-refractivity contribution in [3.8, 4) is 34.5 Å². The number of halogens is 3. The van der Waals surface area contributed by atoms with Gasteiger partial charge in [-0.2, -0.15) is 0 Å². The zero-order valence-corrected chi connectivity index (χ0v) is 15.6. The van der Waals surface area contributed by atoms with Crippen molar-refractivity contribution in [2.24, 2.45) is 0 Å². The first-order chi connectivity index (χ1) is 14.3. The number of alkyl halides is 3. The molecule has 0 radical (unpaired) electrons. The minimum Gasteiger partial charge on any atom is -0.508 e. The molecule has 30 heavy (non-hydrogen) atoms. The number of rotatable bonds is 5. The highest BCUT2D eigenvalue weighted by Crippen LogP contribution is 2.28. The van der Waals surface area contributed by atoms with Gasteiger partial charge in [-0.1, -0.05) is 12.1 Å². The molecule has 0 saturated carbocycles. The number of nitrogens with zero attached hydrogens (tertiary/aromatic N) is 4. The van der Waals surface area contributed by atoms with Gasteiger partial charge < -0.3 is 14.3 Å². The Morgan fingerprint density at radius 3 is 2.60 bits per heavy atom. The van der Waals surface area contributed by atoms with E-state index in [1.54, 1.807) is 29.8 Å². The second-order valence-corrected chi connectivity index (χ2v) is 6.41. The fraction of sp³-hybridized carbons (Fsp3) is 0.150. The van der Waals surface area contributed by atoms with Crippen LogP contribution >= 0.6 is 0 Å². The maximum Gasteiger partial charge on any atom is 0.573 e. The fourth-order valence-corrected chi connectivity index (χ4v) is 2.82. The van der Waals surface area contributed by atoms with Crippen molar-refractivity contribution in [3.63, 3.8) is 0 Å². The average molecular weight is 416 g/mol. The van der Waals surface area contributed by atoms with Crippen molar-refractivity contribution in [2.45, 2.75) is 19.8 Å². The molecule has 0 spiro atoms. The Kier molecular flexibility index (Phi) is 4.90. The van der Waals surface area contributed by atoms with Gasteiger partial charge in [-0.15, -0.1) is 18.3 Å². The molecule has 10 heteroatoms. The van der Waals surface area contributed by atoms with Crippen LogP contribution in [0.3, 0.4) is 0 Å². The van der Waals surface area contributed by atoms with Crippen LogP contribution in [0, 0.1) is 6.92 Å². The van der Waals surface area contributed by atoms with E-state index in [2.05, 4.69) is 19.8 Å². The summed E-state index contributed by atoms with van der Waals surface area (Å²) in [6.45, 7) is 2.18. The van der Waals surface area contributed by atoms with Crippen LogP contribution in [-0.2, 0) is 6.54 Å². The summed E-state index contributed by atoms with van der Waals surface area (Å²) >= 11 is 0. The van der Waals surface area contributed by atoms with E-state index in [1.807, 2.05) is 6.07 Å². The van der Waals surface area contributed by atoms with Crippen LogP contribution in [0.1, 0.15) is 11.4 Å². The van der Waals surface area contributed by atoms with E-state index in [0.717, 1.165) is 5.56 Å². The van der Waals surface area contributed by atoms with Gasteiger partial charge >= 0.3 is 6.36 Å². The number of aromatic hydroxyl groups is 1. The first-order valence-corrected chi connectivity index (χ1v) is 8.78. The van der Waals surface area contributed by atoms with Crippen LogP contribution in [-0.4, -0.2) is 31.2 Å². The summed E-state index contributed by atoms with van der Waals surface area (Å²) < 4.78 is 48.0. The molecular weight excluding hydrogens is 401 g/mol. The molecule has 2 aromatic heterocycles. The van der Waals surface area contributed by atoms with E-state index in [4.69, 9.17) is 4.42 Å². The highest BCUT2D eigenvalue weighted by molar-refractivity contribution is 5.59. The highest BCUT2D eigenvalue weighted by Gasteiger charge is 2.31. The molecule has 0 unspecified atom stereocenters. The van der Waals surface area contributed by atoms with Crippen molar-refractivity contribution in [3.05, 3.63) is 66.1 Å². The number of aryl methyl sites for hydroxylation is 1. The molecule has 0 aliphatic heterocycles. The lowest BCUT2D eigenvalue weighted by atomic mass is 10.2. The van der Waals surface area contributed by atoms with Crippen LogP contribution in [0.5, 0.6) is 11.5 Å². The molecule has 0 bridgehead atoms. The standard InChI is InChI=1S/C20H15F3N4O3/c1-12-25-18(26-27(12)11-13-3-2-4-15(28)9-13)19-24-10-17(29-19)14-5-7-16(8-6-14)30-20(21,22)23/h2-10,28H,11H2,1H3. The van der Waals surface area contributed by atoms with Gasteiger partial charge in [0.25, 0.3) is 5.89 Å². The molecule has 0 fully saturated rings. The predicted octanol–water partition coefficient (Wildman–Crippen LogP) is 4.56. The lowest BCUT2D eigenvalue weighted by Gasteiger charge is -2.08. The normalized spacial score (nSPS) is 11.6. The van der Waals surface area contributed by atoms with E-state index in [9.17, 15) is 18.3 Å². The molecule has 7 nitrogen and oxygen atoms in total. The highest BCUT2D eigenvalue weighted by atomic mass is 19.4. The maximum absolute atomic E-state index is 12.3. The van der Waals surface area contributed by atoms with Gasteiger partial charge in [-0.05, 0) is 48.9 Å². The Balaban J connectivity index is 1.53. The molecule has 0 amide bonds. The molecule has 0 aliphatic carbocycles. The molecule has 2 heterocycles. The Bertz CT molecular complexity index is 1170. The number of ether oxygens (including phenoxy) is 1. The summed E-state index contributed by atoms with van der Waals surface area (Å²) in [5, 5.41) is 14.0. The molecule has 4 aromatic rings. The lowest BCUT2D eigenvalue weighted by Crippen LogP contribution is -2.16. The van der Waals surface area contributed by atoms with Crippen LogP contribution in [0.2, 0.25) is 0 Å². The number of benzene rings is 2. The van der Waals surface area contributed by atoms with Gasteiger partial charge in [-0.25, -0.2) is 14.6 Å². The summed E-state index contributed by atoms with van der Waals surface area (Å²) in [5.41, 5.74) is 1.38. The van der Waals surface area contributed by atoms with Gasteiger partial charge in [0, 0.05) is 5.56 Å². The Morgan fingerprint density at radius 2 is 1.90 bits per heavy atom. The molecule has 1 N–H and O–H groups in total. The van der Waals surface area contributed by atoms with Crippen molar-refractivity contribution in [2.75, 3.05) is 0 Å². The van der Waals surface area contributed by atoms with Crippen molar-refractivity contribution in [1.82, 2.24) is 19.7 Å². The lowest BCUT2D eigenvalue weighted by molar-refractivity contribution is -0.274. The summed E-state index contributed by atoms with van der Waals surface area (Å²) in [6, 6.07) is 12.1. The first kappa shape index (κ1) is 19.5. The SMILES string of the molecule is Cc1nc(-c2ncc(-c3ccc(OC(F)(F)F)cc3)o2)nn1Cc1cccc(O)c1. The number of aromatic nitrogens is 4. The Hall–Kier alpha value is -3.82. The van der Waals surface area contributed by atoms with Gasteiger partial charge in [0.05, 0.1) is 12.7 Å². The van der Waals surface area contributed by atoms with E-state index in [0.29, 0.717) is 23.7 Å². The number of phenols is 1. The topological polar surface area (TPSA) is 86.2 Å². The first-order valence-electron chi connectivity index (χ1n) is 8.78. The largest absolute Gasteiger partial charge is 0.573 e. The Morgan fingerprint density at radius 1 is 1.13 bits per heavy atom. The third kappa shape index (κ3) is 4.43. The van der Waals surface area contributed by atoms with Crippen LogP contribution in [0.25, 0.3) is 23.0 Å². The minimum absolute atomic E-state index is 0.162. The van der Waals surface area contributed by atoms with E-state index in [-0.39, 0.29) is 23.2 Å². The average Bonchev–Trinajstić information content (AvgIpc) is 3.29. The summed E-state index contributed by atoms with van der Waals surface area (Å²) in [4.78, 5) is 8.51. The molecule has 0 aliphatic rings. The van der Waals surface area contributed by atoms with E-state index < -0.39 is 6.36 Å². The number of hydrogen-bond donors (Lipinski definition) is 1. The monoisotopic (exact) mass is 416 g/mol. The second kappa shape index (κ2) is 7.54. The van der Waals surface area contributed by atoms with Gasteiger partial charge in [0.15, 0.2) is 5.76 Å². The number of oxazole rings is 1. The smallest absolute Gasteiger partial charge is 0.508 e. The van der Waals surface area contributed by atoms with Gasteiger partial charge in [-0.3, -0.25) is 0 Å². The maximum atomic E-state index is 12.3. The molecule has 0 saturated heterocycles. The van der Waals surface area contributed by atoms with Crippen LogP contribution in [0.4, 0.5) is 13.2 Å². The zero-order chi connectivity index (χ0) is 21.3. The zero-order valence-electron chi connectivity index (χ0n) is 15.6. The summed E-state index contributed by atoms with van der Waals surface area (Å²) in [7, 11) is 0. The molecule has 0 atom stereocenters. The summed E-state index contributed by atoms with van der Waals surface area (Å²) in [5.74, 6) is 1.27. The van der Waals surface area contributed by atoms with E-state index in [1.165, 1.54) is 30.5 Å². The fourth-order valence-electron chi connectivity index (χ4n) is 2.82. The Labute approximate surface area is 168 Å². The molecule has 2 aromatic carbocycles. The predicted molar refractivity (Wildman–Crippen MR) is 99.6 cm³/mol. The van der Waals surface area contributed by atoms with Crippen molar-refractivity contribution >= 4 is 0 Å². The third-order valence-corrected chi connectivity index (χ3v) is 4.17. The number of hydrogen-bond acceptors (Lipinski definition) is 6. The van der Waals surface area contributed by atoms with Gasteiger partial charge in [0.2, 0.25) is 5.82 Å². The second-order valence-electron chi connectivity index (χ2n) is 6.41. The van der Waals surface area contributed by atoms with Crippen molar-refractivity contribution < 1.29 is 27.4 Å². The molecule has 4 rings (SSSR count). The number of phenolic OH excluding ortho intramolecular Hbond substituents is 1. The van der Waals surface area contributed by atoms with Crippen LogP contribution in [0.15, 0.2) is 59.1 Å². The van der Waals surface area contributed by atoms with Gasteiger partial charge in [0.1, 0.15) is 17.3 Å². The third-order valence-electron chi connectivity index (χ3n) is 4.17. The van der Waals surface area contributed by atoms with Crippen molar-refractivity contribution in [1.29, 1.82) is 0 Å². The van der Waals surface area contributed by atoms with Crippen LogP contribution < -0.4 is 4.74 Å². The minimum atomic E-state index is -4.75. The summed E-state index contributed by atoms with van der Waals surface area (Å²) in [6.07, 6.45) is -3.30. The molecule has 154 valence electrons. The quantitative estimate of drug-likeness (QED) is 0.513. The van der Waals surface area contributed by atoms with E-state index >= 15 is 0 Å².